The lowest BCUT2D eigenvalue weighted by molar-refractivity contribution is -0.0680. The van der Waals surface area contributed by atoms with E-state index in [4.69, 9.17) is 9.47 Å². The van der Waals surface area contributed by atoms with Gasteiger partial charge in [-0.1, -0.05) is 12.8 Å². The maximum Gasteiger partial charge on any atom is 0.255 e. The van der Waals surface area contributed by atoms with Crippen molar-refractivity contribution in [1.29, 1.82) is 0 Å². The van der Waals surface area contributed by atoms with Crippen LogP contribution < -0.4 is 0 Å². The van der Waals surface area contributed by atoms with E-state index in [1.54, 1.807) is 19.5 Å². The third-order valence-electron chi connectivity index (χ3n) is 6.22. The van der Waals surface area contributed by atoms with Gasteiger partial charge in [0.25, 0.3) is 5.91 Å². The van der Waals surface area contributed by atoms with Gasteiger partial charge in [-0.25, -0.2) is 0 Å². The van der Waals surface area contributed by atoms with E-state index in [1.807, 2.05) is 11.8 Å². The molecule has 6 heteroatoms. The molecule has 3 heterocycles. The number of hydrogen-bond donors (Lipinski definition) is 0. The molecular weight excluding hydrogens is 408 g/mol. The highest BCUT2D eigenvalue weighted by Crippen LogP contribution is 2.29. The highest BCUT2D eigenvalue weighted by atomic mass is 79.9. The van der Waals surface area contributed by atoms with Crippen LogP contribution in [-0.2, 0) is 9.47 Å². The average Bonchev–Trinajstić information content (AvgIpc) is 2.70. The third kappa shape index (κ3) is 5.30. The molecule has 0 unspecified atom stereocenters. The van der Waals surface area contributed by atoms with Gasteiger partial charge in [0.2, 0.25) is 0 Å². The van der Waals surface area contributed by atoms with Crippen molar-refractivity contribution in [3.63, 3.8) is 0 Å². The number of likely N-dealkylation sites (tertiary alicyclic amines) is 1. The maximum absolute atomic E-state index is 12.8. The Hall–Kier alpha value is -0.980. The summed E-state index contributed by atoms with van der Waals surface area (Å²) in [5.41, 5.74) is 1.69. The lowest BCUT2D eigenvalue weighted by Gasteiger charge is -2.33. The van der Waals surface area contributed by atoms with Crippen molar-refractivity contribution in [2.24, 2.45) is 11.8 Å². The number of piperidine rings is 1. The van der Waals surface area contributed by atoms with E-state index in [9.17, 15) is 4.79 Å². The van der Waals surface area contributed by atoms with Crippen LogP contribution in [0.25, 0.3) is 0 Å². The zero-order valence-corrected chi connectivity index (χ0v) is 18.0. The Bertz CT molecular complexity index is 632. The quantitative estimate of drug-likeness (QED) is 0.666. The number of carbonyl (C=O) groups excluding carboxylic acids is 1. The fraction of sp³-hybridized carbons (Fsp3) is 0.714. The number of rotatable bonds is 6. The number of halogens is 1. The first kappa shape index (κ1) is 20.7. The SMILES string of the molecule is CO[C@@H]1COCC[C@@H]1CCCC1CCN(C(=O)c2cncc(Br)c2C)CC1. The molecule has 2 aliphatic heterocycles. The minimum atomic E-state index is 0.116. The summed E-state index contributed by atoms with van der Waals surface area (Å²) in [5.74, 6) is 1.49. The fourth-order valence-corrected chi connectivity index (χ4v) is 4.66. The number of hydrogen-bond acceptors (Lipinski definition) is 4. The van der Waals surface area contributed by atoms with Crippen molar-refractivity contribution in [3.05, 3.63) is 28.0 Å². The van der Waals surface area contributed by atoms with E-state index in [0.29, 0.717) is 11.5 Å². The molecule has 0 N–H and O–H groups in total. The number of methoxy groups -OCH3 is 1. The Morgan fingerprint density at radius 3 is 2.81 bits per heavy atom. The Morgan fingerprint density at radius 2 is 2.07 bits per heavy atom. The predicted octanol–water partition coefficient (Wildman–Crippen LogP) is 4.23. The molecule has 0 bridgehead atoms. The van der Waals surface area contributed by atoms with Gasteiger partial charge in [0.1, 0.15) is 0 Å². The molecule has 2 aliphatic rings. The van der Waals surface area contributed by atoms with Gasteiger partial charge >= 0.3 is 0 Å². The number of carbonyl (C=O) groups is 1. The first-order valence-corrected chi connectivity index (χ1v) is 10.9. The van der Waals surface area contributed by atoms with Crippen LogP contribution in [0.1, 0.15) is 54.4 Å². The zero-order chi connectivity index (χ0) is 19.2. The van der Waals surface area contributed by atoms with E-state index >= 15 is 0 Å². The lowest BCUT2D eigenvalue weighted by atomic mass is 9.86. The molecule has 1 aromatic rings. The van der Waals surface area contributed by atoms with Gasteiger partial charge in [-0.05, 0) is 65.9 Å². The van der Waals surface area contributed by atoms with Gasteiger partial charge in [0.05, 0.1) is 18.3 Å². The summed E-state index contributed by atoms with van der Waals surface area (Å²) in [6.07, 6.45) is 10.8. The summed E-state index contributed by atoms with van der Waals surface area (Å²) >= 11 is 3.47. The average molecular weight is 439 g/mol. The van der Waals surface area contributed by atoms with E-state index in [1.165, 1.54) is 19.3 Å². The topological polar surface area (TPSA) is 51.7 Å². The summed E-state index contributed by atoms with van der Waals surface area (Å²) in [6.45, 7) is 5.29. The minimum Gasteiger partial charge on any atom is -0.379 e. The van der Waals surface area contributed by atoms with Crippen LogP contribution >= 0.6 is 15.9 Å². The molecule has 1 aromatic heterocycles. The molecule has 3 rings (SSSR count). The van der Waals surface area contributed by atoms with Crippen molar-refractivity contribution in [3.8, 4) is 0 Å². The van der Waals surface area contributed by atoms with Crippen molar-refractivity contribution in [2.75, 3.05) is 33.4 Å². The maximum atomic E-state index is 12.8. The second kappa shape index (κ2) is 9.99. The summed E-state index contributed by atoms with van der Waals surface area (Å²) < 4.78 is 12.0. The van der Waals surface area contributed by atoms with Crippen LogP contribution in [0.5, 0.6) is 0 Å². The lowest BCUT2D eigenvalue weighted by Crippen LogP contribution is -2.39. The Morgan fingerprint density at radius 1 is 1.30 bits per heavy atom. The highest BCUT2D eigenvalue weighted by molar-refractivity contribution is 9.10. The summed E-state index contributed by atoms with van der Waals surface area (Å²) in [6, 6.07) is 0. The highest BCUT2D eigenvalue weighted by Gasteiger charge is 2.27. The van der Waals surface area contributed by atoms with Gasteiger partial charge in [-0.3, -0.25) is 9.78 Å². The molecule has 2 fully saturated rings. The van der Waals surface area contributed by atoms with E-state index < -0.39 is 0 Å². The van der Waals surface area contributed by atoms with Crippen molar-refractivity contribution >= 4 is 21.8 Å². The number of amides is 1. The zero-order valence-electron chi connectivity index (χ0n) is 16.5. The first-order valence-electron chi connectivity index (χ1n) is 10.1. The summed E-state index contributed by atoms with van der Waals surface area (Å²) in [7, 11) is 1.79. The molecule has 2 atom stereocenters. The second-order valence-corrected chi connectivity index (χ2v) is 8.71. The molecule has 2 saturated heterocycles. The molecule has 0 aliphatic carbocycles. The molecule has 5 nitrogen and oxygen atoms in total. The summed E-state index contributed by atoms with van der Waals surface area (Å²) in [5, 5.41) is 0. The normalized spacial score (nSPS) is 24.2. The number of aromatic nitrogens is 1. The molecule has 0 saturated carbocycles. The van der Waals surface area contributed by atoms with Crippen LogP contribution in [0.15, 0.2) is 16.9 Å². The van der Waals surface area contributed by atoms with Crippen molar-refractivity contribution in [2.45, 2.75) is 51.6 Å². The van der Waals surface area contributed by atoms with Crippen molar-refractivity contribution < 1.29 is 14.3 Å². The number of nitrogens with zero attached hydrogens (tertiary/aromatic N) is 2. The molecule has 0 aromatic carbocycles. The number of ether oxygens (including phenoxy) is 2. The second-order valence-electron chi connectivity index (χ2n) is 7.86. The first-order chi connectivity index (χ1) is 13.1. The molecular formula is C21H31BrN2O3. The standard InChI is InChI=1S/C21H31BrN2O3/c1-15-18(12-23-13-19(15)22)21(25)24-9-6-16(7-10-24)4-3-5-17-8-11-27-14-20(17)26-2/h12-13,16-17,20H,3-11,14H2,1-2H3/t17-,20+/m0/s1. The largest absolute Gasteiger partial charge is 0.379 e. The van der Waals surface area contributed by atoms with Crippen LogP contribution in [0.3, 0.4) is 0 Å². The van der Waals surface area contributed by atoms with E-state index in [-0.39, 0.29) is 12.0 Å². The van der Waals surface area contributed by atoms with Crippen LogP contribution in [-0.4, -0.2) is 55.3 Å². The summed E-state index contributed by atoms with van der Waals surface area (Å²) in [4.78, 5) is 19.0. The molecule has 1 amide bonds. The monoisotopic (exact) mass is 438 g/mol. The van der Waals surface area contributed by atoms with Gasteiger partial charge in [-0.15, -0.1) is 0 Å². The fourth-order valence-electron chi connectivity index (χ4n) is 4.33. The molecule has 0 spiro atoms. The van der Waals surface area contributed by atoms with E-state index in [0.717, 1.165) is 61.5 Å². The van der Waals surface area contributed by atoms with E-state index in [2.05, 4.69) is 20.9 Å². The molecule has 150 valence electrons. The van der Waals surface area contributed by atoms with Crippen LogP contribution in [0.2, 0.25) is 0 Å². The van der Waals surface area contributed by atoms with Crippen molar-refractivity contribution in [1.82, 2.24) is 9.88 Å². The van der Waals surface area contributed by atoms with Gasteiger partial charge < -0.3 is 14.4 Å². The Kier molecular flexibility index (Phi) is 7.67. The minimum absolute atomic E-state index is 0.116. The van der Waals surface area contributed by atoms with Crippen LogP contribution in [0, 0.1) is 18.8 Å². The van der Waals surface area contributed by atoms with Gasteiger partial charge in [0.15, 0.2) is 0 Å². The molecule has 27 heavy (non-hydrogen) atoms. The number of pyridine rings is 1. The van der Waals surface area contributed by atoms with Gasteiger partial charge in [-0.2, -0.15) is 0 Å². The molecule has 0 radical (unpaired) electrons. The third-order valence-corrected chi connectivity index (χ3v) is 7.02. The predicted molar refractivity (Wildman–Crippen MR) is 109 cm³/mol. The van der Waals surface area contributed by atoms with Crippen LogP contribution in [0.4, 0.5) is 0 Å². The Balaban J connectivity index is 1.42. The smallest absolute Gasteiger partial charge is 0.255 e. The van der Waals surface area contributed by atoms with Gasteiger partial charge in [0, 0.05) is 43.7 Å². The Labute approximate surface area is 170 Å².